The number of halogens is 3. The first kappa shape index (κ1) is 15.6. The van der Waals surface area contributed by atoms with Crippen LogP contribution in [-0.2, 0) is 19.1 Å². The molecule has 0 saturated carbocycles. The molecule has 0 bridgehead atoms. The average molecular weight is 339 g/mol. The highest BCUT2D eigenvalue weighted by Gasteiger charge is 2.33. The van der Waals surface area contributed by atoms with Crippen molar-refractivity contribution in [2.75, 3.05) is 0 Å². The van der Waals surface area contributed by atoms with Crippen molar-refractivity contribution >= 4 is 11.5 Å². The van der Waals surface area contributed by atoms with E-state index in [0.717, 1.165) is 17.5 Å². The zero-order chi connectivity index (χ0) is 16.4. The molecule has 0 aliphatic heterocycles. The van der Waals surface area contributed by atoms with E-state index in [-0.39, 0.29) is 12.2 Å². The SMILES string of the molecule is Cc1cc(C(F)(F)F)nc(CCn2ccnc2-c2cnsc2)n1. The third kappa shape index (κ3) is 3.55. The standard InChI is InChI=1S/C14H12F3N5S/c1-9-6-11(14(15,16)17)21-12(20-9)2-4-22-5-3-18-13(22)10-7-19-23-8-10/h3,5-8H,2,4H2,1H3. The van der Waals surface area contributed by atoms with Crippen molar-refractivity contribution in [3.8, 4) is 11.4 Å². The molecule has 3 aromatic rings. The molecule has 3 heterocycles. The van der Waals surface area contributed by atoms with Crippen LogP contribution in [0.1, 0.15) is 17.2 Å². The van der Waals surface area contributed by atoms with Crippen molar-refractivity contribution in [3.63, 3.8) is 0 Å². The molecule has 0 saturated heterocycles. The molecule has 0 aromatic carbocycles. The lowest BCUT2D eigenvalue weighted by Gasteiger charge is -2.10. The molecular formula is C14H12F3N5S. The first-order valence-electron chi connectivity index (χ1n) is 6.76. The van der Waals surface area contributed by atoms with Gasteiger partial charge in [0.2, 0.25) is 0 Å². The van der Waals surface area contributed by atoms with E-state index in [1.807, 2.05) is 9.95 Å². The fourth-order valence-electron chi connectivity index (χ4n) is 2.17. The van der Waals surface area contributed by atoms with Gasteiger partial charge in [-0.2, -0.15) is 13.2 Å². The summed E-state index contributed by atoms with van der Waals surface area (Å²) in [5.41, 5.74) is 0.268. The summed E-state index contributed by atoms with van der Waals surface area (Å²) in [5.74, 6) is 0.892. The zero-order valence-electron chi connectivity index (χ0n) is 12.1. The predicted octanol–water partition coefficient (Wildman–Crippen LogP) is 3.37. The fraction of sp³-hybridized carbons (Fsp3) is 0.286. The van der Waals surface area contributed by atoms with Crippen molar-refractivity contribution in [1.29, 1.82) is 0 Å². The van der Waals surface area contributed by atoms with Crippen molar-refractivity contribution in [2.45, 2.75) is 26.1 Å². The Balaban J connectivity index is 1.80. The summed E-state index contributed by atoms with van der Waals surface area (Å²) in [6.07, 6.45) is 0.934. The number of nitrogens with zero attached hydrogens (tertiary/aromatic N) is 5. The second-order valence-corrected chi connectivity index (χ2v) is 5.57. The minimum Gasteiger partial charge on any atom is -0.330 e. The van der Waals surface area contributed by atoms with E-state index < -0.39 is 11.9 Å². The van der Waals surface area contributed by atoms with Gasteiger partial charge in [-0.3, -0.25) is 0 Å². The van der Waals surface area contributed by atoms with Crippen LogP contribution >= 0.6 is 11.5 Å². The van der Waals surface area contributed by atoms with Crippen LogP contribution in [0.5, 0.6) is 0 Å². The van der Waals surface area contributed by atoms with Gasteiger partial charge in [0.05, 0.1) is 6.20 Å². The maximum absolute atomic E-state index is 12.8. The summed E-state index contributed by atoms with van der Waals surface area (Å²) in [7, 11) is 0. The predicted molar refractivity (Wildman–Crippen MR) is 78.8 cm³/mol. The Bertz CT molecular complexity index is 795. The smallest absolute Gasteiger partial charge is 0.330 e. The third-order valence-electron chi connectivity index (χ3n) is 3.17. The summed E-state index contributed by atoms with van der Waals surface area (Å²) >= 11 is 1.31. The van der Waals surface area contributed by atoms with Gasteiger partial charge in [-0.05, 0) is 24.5 Å². The Morgan fingerprint density at radius 2 is 2.09 bits per heavy atom. The molecule has 0 amide bonds. The highest BCUT2D eigenvalue weighted by atomic mass is 32.1. The van der Waals surface area contributed by atoms with E-state index in [2.05, 4.69) is 19.3 Å². The van der Waals surface area contributed by atoms with Crippen LogP contribution < -0.4 is 0 Å². The number of aromatic nitrogens is 5. The Hall–Kier alpha value is -2.29. The number of hydrogen-bond acceptors (Lipinski definition) is 5. The van der Waals surface area contributed by atoms with Crippen LogP contribution in [0.15, 0.2) is 30.0 Å². The first-order chi connectivity index (χ1) is 10.9. The lowest BCUT2D eigenvalue weighted by Crippen LogP contribution is -2.13. The third-order valence-corrected chi connectivity index (χ3v) is 3.76. The molecule has 120 valence electrons. The largest absolute Gasteiger partial charge is 0.433 e. The second-order valence-electron chi connectivity index (χ2n) is 4.92. The molecule has 0 unspecified atom stereocenters. The molecule has 23 heavy (non-hydrogen) atoms. The number of alkyl halides is 3. The van der Waals surface area contributed by atoms with Crippen molar-refractivity contribution in [2.24, 2.45) is 0 Å². The second kappa shape index (κ2) is 6.07. The molecule has 0 N–H and O–H groups in total. The molecule has 0 spiro atoms. The van der Waals surface area contributed by atoms with Crippen LogP contribution in [0.4, 0.5) is 13.2 Å². The summed E-state index contributed by atoms with van der Waals surface area (Å²) in [4.78, 5) is 12.0. The summed E-state index contributed by atoms with van der Waals surface area (Å²) < 4.78 is 44.3. The lowest BCUT2D eigenvalue weighted by atomic mass is 10.3. The zero-order valence-corrected chi connectivity index (χ0v) is 12.9. The Morgan fingerprint density at radius 1 is 1.26 bits per heavy atom. The molecule has 0 aliphatic rings. The van der Waals surface area contributed by atoms with Crippen LogP contribution in [0.2, 0.25) is 0 Å². The van der Waals surface area contributed by atoms with E-state index in [4.69, 9.17) is 0 Å². The minimum absolute atomic E-state index is 0.167. The number of rotatable bonds is 4. The van der Waals surface area contributed by atoms with Crippen LogP contribution in [0, 0.1) is 6.92 Å². The van der Waals surface area contributed by atoms with E-state index in [9.17, 15) is 13.2 Å². The molecule has 3 aromatic heterocycles. The summed E-state index contributed by atoms with van der Waals surface area (Å²) in [6, 6.07) is 0.948. The van der Waals surface area contributed by atoms with Crippen molar-refractivity contribution < 1.29 is 13.2 Å². The molecule has 0 fully saturated rings. The molecule has 5 nitrogen and oxygen atoms in total. The molecular weight excluding hydrogens is 327 g/mol. The Morgan fingerprint density at radius 3 is 2.78 bits per heavy atom. The summed E-state index contributed by atoms with van der Waals surface area (Å²) in [6.45, 7) is 1.96. The Kier molecular flexibility index (Phi) is 4.12. The Labute approximate surface area is 134 Å². The van der Waals surface area contributed by atoms with Gasteiger partial charge in [0.25, 0.3) is 0 Å². The fourth-order valence-corrected chi connectivity index (χ4v) is 2.69. The van der Waals surface area contributed by atoms with E-state index in [0.29, 0.717) is 12.2 Å². The maximum Gasteiger partial charge on any atom is 0.433 e. The minimum atomic E-state index is -4.47. The average Bonchev–Trinajstić information content (AvgIpc) is 3.14. The summed E-state index contributed by atoms with van der Waals surface area (Å²) in [5, 5.41) is 1.86. The topological polar surface area (TPSA) is 56.5 Å². The van der Waals surface area contributed by atoms with Gasteiger partial charge in [-0.25, -0.2) is 19.3 Å². The van der Waals surface area contributed by atoms with Crippen LogP contribution in [0.25, 0.3) is 11.4 Å². The highest BCUT2D eigenvalue weighted by molar-refractivity contribution is 7.03. The quantitative estimate of drug-likeness (QED) is 0.731. The van der Waals surface area contributed by atoms with Crippen LogP contribution in [-0.4, -0.2) is 23.9 Å². The highest BCUT2D eigenvalue weighted by Crippen LogP contribution is 2.28. The molecule has 0 aliphatic carbocycles. The lowest BCUT2D eigenvalue weighted by molar-refractivity contribution is -0.141. The van der Waals surface area contributed by atoms with Gasteiger partial charge in [0, 0.05) is 42.0 Å². The van der Waals surface area contributed by atoms with E-state index in [1.54, 1.807) is 18.6 Å². The number of imidazole rings is 1. The van der Waals surface area contributed by atoms with Crippen molar-refractivity contribution in [1.82, 2.24) is 23.9 Å². The van der Waals surface area contributed by atoms with E-state index in [1.165, 1.54) is 18.5 Å². The maximum atomic E-state index is 12.8. The van der Waals surface area contributed by atoms with Crippen molar-refractivity contribution in [3.05, 3.63) is 47.2 Å². The van der Waals surface area contributed by atoms with Gasteiger partial charge >= 0.3 is 6.18 Å². The van der Waals surface area contributed by atoms with Gasteiger partial charge in [0.1, 0.15) is 17.3 Å². The van der Waals surface area contributed by atoms with E-state index >= 15 is 0 Å². The molecule has 0 radical (unpaired) electrons. The molecule has 0 atom stereocenters. The number of hydrogen-bond donors (Lipinski definition) is 0. The molecule has 3 rings (SSSR count). The normalized spacial score (nSPS) is 11.8. The van der Waals surface area contributed by atoms with Gasteiger partial charge < -0.3 is 4.57 Å². The van der Waals surface area contributed by atoms with Gasteiger partial charge in [-0.1, -0.05) is 0 Å². The van der Waals surface area contributed by atoms with Crippen LogP contribution in [0.3, 0.4) is 0 Å². The number of aryl methyl sites for hydroxylation is 3. The van der Waals surface area contributed by atoms with Gasteiger partial charge in [-0.15, -0.1) is 0 Å². The van der Waals surface area contributed by atoms with Gasteiger partial charge in [0.15, 0.2) is 0 Å². The monoisotopic (exact) mass is 339 g/mol. The first-order valence-corrected chi connectivity index (χ1v) is 7.60. The molecule has 9 heteroatoms.